The Hall–Kier alpha value is -4.32. The zero-order valence-corrected chi connectivity index (χ0v) is 24.8. The lowest BCUT2D eigenvalue weighted by atomic mass is 9.88. The minimum Gasteiger partial charge on any atom is -0.480 e. The molecule has 2 aliphatic rings. The molecule has 0 radical (unpaired) electrons. The number of H-pyrrole nitrogens is 1. The van der Waals surface area contributed by atoms with E-state index in [1.54, 1.807) is 38.4 Å². The summed E-state index contributed by atoms with van der Waals surface area (Å²) >= 11 is 13.7. The van der Waals surface area contributed by atoms with Crippen molar-refractivity contribution in [2.75, 3.05) is 25.5 Å². The van der Waals surface area contributed by atoms with Crippen LogP contribution < -0.4 is 20.9 Å². The zero-order chi connectivity index (χ0) is 30.3. The lowest BCUT2D eigenvalue weighted by Crippen LogP contribution is -2.66. The highest BCUT2D eigenvalue weighted by molar-refractivity contribution is 6.39. The van der Waals surface area contributed by atoms with Crippen LogP contribution in [0.1, 0.15) is 34.6 Å². The van der Waals surface area contributed by atoms with Crippen LogP contribution in [0.25, 0.3) is 22.4 Å². The second-order valence-electron chi connectivity index (χ2n) is 10.7. The van der Waals surface area contributed by atoms with Gasteiger partial charge < -0.3 is 15.4 Å². The Labute approximate surface area is 256 Å². The first kappa shape index (κ1) is 28.8. The van der Waals surface area contributed by atoms with Crippen LogP contribution >= 0.6 is 23.2 Å². The van der Waals surface area contributed by atoms with Gasteiger partial charge in [0, 0.05) is 42.7 Å². The molecule has 6 rings (SSSR count). The predicted molar refractivity (Wildman–Crippen MR) is 162 cm³/mol. The van der Waals surface area contributed by atoms with Crippen molar-refractivity contribution in [3.8, 4) is 28.3 Å². The van der Waals surface area contributed by atoms with Gasteiger partial charge in [0.15, 0.2) is 0 Å². The number of aryl methyl sites for hydroxylation is 1. The van der Waals surface area contributed by atoms with Crippen molar-refractivity contribution in [1.82, 2.24) is 30.4 Å². The van der Waals surface area contributed by atoms with Crippen molar-refractivity contribution in [2.24, 2.45) is 0 Å². The van der Waals surface area contributed by atoms with Gasteiger partial charge in [0.05, 0.1) is 46.0 Å². The van der Waals surface area contributed by atoms with Crippen molar-refractivity contribution >= 4 is 40.7 Å². The van der Waals surface area contributed by atoms with Crippen LogP contribution in [0.4, 0.5) is 5.69 Å². The van der Waals surface area contributed by atoms with E-state index >= 15 is 0 Å². The van der Waals surface area contributed by atoms with Crippen molar-refractivity contribution in [2.45, 2.75) is 31.8 Å². The molecular formula is C30H27Cl2N7O4. The highest BCUT2D eigenvalue weighted by Gasteiger charge is 2.47. The van der Waals surface area contributed by atoms with Gasteiger partial charge in [-0.3, -0.25) is 24.3 Å². The lowest BCUT2D eigenvalue weighted by molar-refractivity contribution is -0.120. The smallest absolute Gasteiger partial charge is 0.277 e. The maximum absolute atomic E-state index is 12.9. The Bertz CT molecular complexity index is 1820. The minimum atomic E-state index is -0.616. The molecule has 13 heteroatoms. The molecule has 43 heavy (non-hydrogen) atoms. The number of anilines is 1. The van der Waals surface area contributed by atoms with E-state index in [-0.39, 0.29) is 22.0 Å². The molecule has 11 nitrogen and oxygen atoms in total. The molecule has 3 N–H and O–H groups in total. The molecule has 2 aromatic heterocycles. The number of rotatable bonds is 7. The van der Waals surface area contributed by atoms with E-state index in [4.69, 9.17) is 32.9 Å². The first-order valence-electron chi connectivity index (χ1n) is 13.5. The average Bonchev–Trinajstić information content (AvgIpc) is 3.37. The number of aromatic amines is 1. The van der Waals surface area contributed by atoms with Gasteiger partial charge in [-0.2, -0.15) is 5.10 Å². The molecule has 0 aliphatic carbocycles. The van der Waals surface area contributed by atoms with Crippen LogP contribution in [0, 0.1) is 6.92 Å². The molecule has 0 bridgehead atoms. The highest BCUT2D eigenvalue weighted by Crippen LogP contribution is 2.41. The van der Waals surface area contributed by atoms with Crippen molar-refractivity contribution in [1.29, 1.82) is 0 Å². The molecule has 2 aliphatic heterocycles. The topological polar surface area (TPSA) is 142 Å². The number of carbonyl (C=O) groups is 2. The predicted octanol–water partition coefficient (Wildman–Crippen LogP) is 4.23. The molecule has 0 saturated carbocycles. The summed E-state index contributed by atoms with van der Waals surface area (Å²) < 4.78 is 5.59. The van der Waals surface area contributed by atoms with Crippen LogP contribution in [-0.4, -0.2) is 62.6 Å². The molecule has 2 amide bonds. The number of hydrogen-bond donors (Lipinski definition) is 3. The van der Waals surface area contributed by atoms with Crippen molar-refractivity contribution in [3.63, 3.8) is 0 Å². The number of nitrogens with zero attached hydrogens (tertiary/aromatic N) is 4. The number of halogens is 2. The molecule has 2 aromatic carbocycles. The lowest BCUT2D eigenvalue weighted by Gasteiger charge is -2.47. The monoisotopic (exact) mass is 619 g/mol. The summed E-state index contributed by atoms with van der Waals surface area (Å²) in [7, 11) is 1.55. The van der Waals surface area contributed by atoms with Gasteiger partial charge in [-0.25, -0.2) is 10.1 Å². The Kier molecular flexibility index (Phi) is 7.63. The maximum atomic E-state index is 12.9. The fraction of sp³-hybridized carbons (Fsp3) is 0.267. The number of aromatic nitrogens is 4. The number of ether oxygens (including phenoxy) is 1. The number of hydrogen-bond acceptors (Lipinski definition) is 8. The Morgan fingerprint density at radius 3 is 2.53 bits per heavy atom. The van der Waals surface area contributed by atoms with Crippen LogP contribution in [0.2, 0.25) is 10.0 Å². The van der Waals surface area contributed by atoms with Gasteiger partial charge in [0.25, 0.3) is 11.5 Å². The van der Waals surface area contributed by atoms with Gasteiger partial charge in [0.2, 0.25) is 11.8 Å². The quantitative estimate of drug-likeness (QED) is 0.279. The Balaban J connectivity index is 1.25. The number of benzene rings is 2. The summed E-state index contributed by atoms with van der Waals surface area (Å²) in [5.41, 5.74) is 3.02. The fourth-order valence-corrected chi connectivity index (χ4v) is 6.18. The van der Waals surface area contributed by atoms with Gasteiger partial charge in [0.1, 0.15) is 11.3 Å². The largest absolute Gasteiger partial charge is 0.480 e. The van der Waals surface area contributed by atoms with Crippen LogP contribution in [0.15, 0.2) is 53.5 Å². The first-order valence-corrected chi connectivity index (χ1v) is 14.3. The number of likely N-dealkylation sites (tertiary alicyclic amines) is 1. The molecule has 0 atom stereocenters. The molecule has 4 aromatic rings. The minimum absolute atomic E-state index is 0.0797. The molecular weight excluding hydrogens is 593 g/mol. The second-order valence-corrected chi connectivity index (χ2v) is 11.5. The van der Waals surface area contributed by atoms with E-state index < -0.39 is 11.5 Å². The average molecular weight is 620 g/mol. The third-order valence-electron chi connectivity index (χ3n) is 7.65. The van der Waals surface area contributed by atoms with Gasteiger partial charge in [-0.15, -0.1) is 0 Å². The van der Waals surface area contributed by atoms with E-state index in [0.29, 0.717) is 63.3 Å². The molecule has 2 saturated heterocycles. The normalized spacial score (nSPS) is 15.7. The highest BCUT2D eigenvalue weighted by atomic mass is 35.5. The van der Waals surface area contributed by atoms with Crippen LogP contribution in [0.3, 0.4) is 0 Å². The molecule has 1 spiro atoms. The molecule has 2 fully saturated rings. The van der Waals surface area contributed by atoms with E-state index in [1.807, 2.05) is 18.2 Å². The Morgan fingerprint density at radius 2 is 1.81 bits per heavy atom. The summed E-state index contributed by atoms with van der Waals surface area (Å²) in [4.78, 5) is 48.2. The van der Waals surface area contributed by atoms with Gasteiger partial charge in [-0.05, 0) is 25.5 Å². The molecule has 4 heterocycles. The summed E-state index contributed by atoms with van der Waals surface area (Å²) in [6, 6.07) is 12.0. The molecule has 220 valence electrons. The van der Waals surface area contributed by atoms with E-state index in [9.17, 15) is 14.4 Å². The number of carbonyl (C=O) groups excluding carboxylic acids is 2. The first-order chi connectivity index (χ1) is 20.7. The van der Waals surface area contributed by atoms with E-state index in [2.05, 4.69) is 30.7 Å². The number of methoxy groups -OCH3 is 1. The van der Waals surface area contributed by atoms with E-state index in [1.165, 1.54) is 6.07 Å². The SMILES string of the molecule is COc1nc(-c2cccc(-c3cccc(NC(=O)c4cc(C)n[nH]c4=O)c3Cl)c2Cl)cnc1CN1CC2(CCC(=O)N2)C1. The second kappa shape index (κ2) is 11.4. The summed E-state index contributed by atoms with van der Waals surface area (Å²) in [6.45, 7) is 3.74. The van der Waals surface area contributed by atoms with Crippen molar-refractivity contribution in [3.05, 3.63) is 86.0 Å². The zero-order valence-electron chi connectivity index (χ0n) is 23.3. The third-order valence-corrected chi connectivity index (χ3v) is 8.47. The fourth-order valence-electron chi connectivity index (χ4n) is 5.58. The standard InChI is InChI=1S/C30H27Cl2N7O4/c1-16-11-20(28(42)38-37-16)27(41)34-21-8-4-6-18(26(21)32)17-5-3-7-19(25(17)31)22-12-33-23(29(35-22)43-2)13-39-14-30(15-39)10-9-24(40)36-30/h3-8,11-12H,9-10,13-15H2,1-2H3,(H,34,41)(H,36,40)(H,38,42). The van der Waals surface area contributed by atoms with Gasteiger partial charge >= 0.3 is 0 Å². The summed E-state index contributed by atoms with van der Waals surface area (Å²) in [5.74, 6) is -0.121. The van der Waals surface area contributed by atoms with Crippen LogP contribution in [0.5, 0.6) is 5.88 Å². The van der Waals surface area contributed by atoms with Gasteiger partial charge in [-0.1, -0.05) is 53.5 Å². The number of nitrogens with one attached hydrogen (secondary N) is 3. The number of amides is 2. The molecule has 0 unspecified atom stereocenters. The van der Waals surface area contributed by atoms with E-state index in [0.717, 1.165) is 19.5 Å². The maximum Gasteiger partial charge on any atom is 0.277 e. The van der Waals surface area contributed by atoms with Crippen LogP contribution in [-0.2, 0) is 11.3 Å². The third kappa shape index (κ3) is 5.58. The summed E-state index contributed by atoms with van der Waals surface area (Å²) in [5, 5.41) is 12.5. The van der Waals surface area contributed by atoms with Crippen molar-refractivity contribution < 1.29 is 14.3 Å². The summed E-state index contributed by atoms with van der Waals surface area (Å²) in [6.07, 6.45) is 3.08. The Morgan fingerprint density at radius 1 is 1.09 bits per heavy atom.